The van der Waals surface area contributed by atoms with Crippen LogP contribution in [0.2, 0.25) is 0 Å². The molecule has 1 heterocycles. The quantitative estimate of drug-likeness (QED) is 0.806. The first-order valence-corrected chi connectivity index (χ1v) is 8.25. The molecule has 1 aromatic carbocycles. The van der Waals surface area contributed by atoms with Crippen molar-refractivity contribution < 1.29 is 13.2 Å². The Morgan fingerprint density at radius 1 is 1.35 bits per heavy atom. The number of anilines is 2. The molecule has 0 saturated carbocycles. The molecule has 1 aliphatic rings. The SMILES string of the molecule is CCOC1CCN(c2ccc(S(N)(=O)=O)cc2N)CC1. The molecule has 2 rings (SSSR count). The fraction of sp³-hybridized carbons (Fsp3) is 0.538. The Hall–Kier alpha value is -1.31. The topological polar surface area (TPSA) is 98.6 Å². The maximum atomic E-state index is 11.3. The van der Waals surface area contributed by atoms with Crippen LogP contribution in [0.1, 0.15) is 19.8 Å². The molecule has 112 valence electrons. The van der Waals surface area contributed by atoms with Gasteiger partial charge < -0.3 is 15.4 Å². The van der Waals surface area contributed by atoms with E-state index in [1.54, 1.807) is 6.07 Å². The number of piperidine rings is 1. The van der Waals surface area contributed by atoms with Crippen LogP contribution in [0.25, 0.3) is 0 Å². The Kier molecular flexibility index (Phi) is 4.52. The number of benzene rings is 1. The summed E-state index contributed by atoms with van der Waals surface area (Å²) in [6.07, 6.45) is 2.20. The van der Waals surface area contributed by atoms with Crippen molar-refractivity contribution in [1.29, 1.82) is 0 Å². The van der Waals surface area contributed by atoms with Gasteiger partial charge in [-0.05, 0) is 38.0 Å². The molecule has 4 N–H and O–H groups in total. The van der Waals surface area contributed by atoms with Crippen molar-refractivity contribution in [1.82, 2.24) is 0 Å². The molecule has 0 aliphatic carbocycles. The van der Waals surface area contributed by atoms with Gasteiger partial charge in [-0.3, -0.25) is 0 Å². The molecule has 0 amide bonds. The third-order valence-electron chi connectivity index (χ3n) is 3.51. The molecule has 1 saturated heterocycles. The predicted molar refractivity (Wildman–Crippen MR) is 79.1 cm³/mol. The van der Waals surface area contributed by atoms with Gasteiger partial charge in [0.25, 0.3) is 0 Å². The lowest BCUT2D eigenvalue weighted by Crippen LogP contribution is -2.37. The van der Waals surface area contributed by atoms with Crippen LogP contribution in [0.5, 0.6) is 0 Å². The highest BCUT2D eigenvalue weighted by molar-refractivity contribution is 7.89. The average molecular weight is 299 g/mol. The van der Waals surface area contributed by atoms with Crippen molar-refractivity contribution in [3.63, 3.8) is 0 Å². The summed E-state index contributed by atoms with van der Waals surface area (Å²) in [5.41, 5.74) is 7.24. The smallest absolute Gasteiger partial charge is 0.238 e. The minimum atomic E-state index is -3.71. The zero-order valence-electron chi connectivity index (χ0n) is 11.6. The Morgan fingerprint density at radius 2 is 2.00 bits per heavy atom. The first-order valence-electron chi connectivity index (χ1n) is 6.70. The van der Waals surface area contributed by atoms with Crippen LogP contribution in [0.4, 0.5) is 11.4 Å². The van der Waals surface area contributed by atoms with E-state index >= 15 is 0 Å². The number of ether oxygens (including phenoxy) is 1. The molecular formula is C13H21N3O3S. The third-order valence-corrected chi connectivity index (χ3v) is 4.42. The fourth-order valence-corrected chi connectivity index (χ4v) is 3.05. The van der Waals surface area contributed by atoms with Crippen molar-refractivity contribution in [2.45, 2.75) is 30.8 Å². The average Bonchev–Trinajstić information content (AvgIpc) is 2.39. The van der Waals surface area contributed by atoms with Gasteiger partial charge in [0.2, 0.25) is 10.0 Å². The second kappa shape index (κ2) is 5.99. The van der Waals surface area contributed by atoms with Crippen molar-refractivity contribution >= 4 is 21.4 Å². The number of hydrogen-bond donors (Lipinski definition) is 2. The number of nitrogens with zero attached hydrogens (tertiary/aromatic N) is 1. The van der Waals surface area contributed by atoms with Crippen LogP contribution >= 0.6 is 0 Å². The van der Waals surface area contributed by atoms with Crippen LogP contribution in [-0.4, -0.2) is 34.2 Å². The van der Waals surface area contributed by atoms with Crippen LogP contribution in [0.15, 0.2) is 23.1 Å². The summed E-state index contributed by atoms with van der Waals surface area (Å²) in [6, 6.07) is 4.63. The largest absolute Gasteiger partial charge is 0.397 e. The summed E-state index contributed by atoms with van der Waals surface area (Å²) in [6.45, 7) is 4.43. The molecular weight excluding hydrogens is 278 g/mol. The predicted octanol–water partition coefficient (Wildman–Crippen LogP) is 0.921. The molecule has 1 fully saturated rings. The van der Waals surface area contributed by atoms with E-state index in [2.05, 4.69) is 4.90 Å². The zero-order valence-corrected chi connectivity index (χ0v) is 12.4. The van der Waals surface area contributed by atoms with Crippen molar-refractivity contribution in [2.24, 2.45) is 5.14 Å². The molecule has 20 heavy (non-hydrogen) atoms. The lowest BCUT2D eigenvalue weighted by Gasteiger charge is -2.34. The van der Waals surface area contributed by atoms with Crippen LogP contribution < -0.4 is 15.8 Å². The summed E-state index contributed by atoms with van der Waals surface area (Å²) < 4.78 is 28.2. The number of hydrogen-bond acceptors (Lipinski definition) is 5. The van der Waals surface area contributed by atoms with Crippen molar-refractivity contribution in [2.75, 3.05) is 30.3 Å². The van der Waals surface area contributed by atoms with E-state index in [0.29, 0.717) is 11.8 Å². The molecule has 1 aliphatic heterocycles. The first kappa shape index (κ1) is 15.1. The van der Waals surface area contributed by atoms with E-state index in [-0.39, 0.29) is 4.90 Å². The lowest BCUT2D eigenvalue weighted by atomic mass is 10.1. The molecule has 0 unspecified atom stereocenters. The van der Waals surface area contributed by atoms with E-state index in [1.807, 2.05) is 6.92 Å². The monoisotopic (exact) mass is 299 g/mol. The summed E-state index contributed by atoms with van der Waals surface area (Å²) in [5, 5.41) is 5.09. The summed E-state index contributed by atoms with van der Waals surface area (Å²) >= 11 is 0. The second-order valence-corrected chi connectivity index (χ2v) is 6.47. The minimum Gasteiger partial charge on any atom is -0.397 e. The highest BCUT2D eigenvalue weighted by Crippen LogP contribution is 2.28. The first-order chi connectivity index (χ1) is 9.41. The Labute approximate surface area is 119 Å². The standard InChI is InChI=1S/C13H21N3O3S/c1-2-19-10-5-7-16(8-6-10)13-4-3-11(9-12(13)14)20(15,17)18/h3-4,9-10H,2,5-8,14H2,1H3,(H2,15,17,18). The molecule has 0 bridgehead atoms. The van der Waals surface area contributed by atoms with Crippen molar-refractivity contribution in [3.05, 3.63) is 18.2 Å². The summed E-state index contributed by atoms with van der Waals surface area (Å²) in [5.74, 6) is 0. The van der Waals surface area contributed by atoms with Crippen LogP contribution in [0.3, 0.4) is 0 Å². The number of nitrogens with two attached hydrogens (primary N) is 2. The van der Waals surface area contributed by atoms with Gasteiger partial charge in [0.1, 0.15) is 0 Å². The third kappa shape index (κ3) is 3.41. The van der Waals surface area contributed by atoms with Crippen LogP contribution in [-0.2, 0) is 14.8 Å². The van der Waals surface area contributed by atoms with Crippen molar-refractivity contribution in [3.8, 4) is 0 Å². The van der Waals surface area contributed by atoms with Gasteiger partial charge >= 0.3 is 0 Å². The van der Waals surface area contributed by atoms with E-state index in [9.17, 15) is 8.42 Å². The molecule has 0 atom stereocenters. The molecule has 0 radical (unpaired) electrons. The molecule has 0 aromatic heterocycles. The van der Waals surface area contributed by atoms with E-state index < -0.39 is 10.0 Å². The maximum Gasteiger partial charge on any atom is 0.238 e. The van der Waals surface area contributed by atoms with Gasteiger partial charge in [0.15, 0.2) is 0 Å². The molecule has 1 aromatic rings. The Morgan fingerprint density at radius 3 is 2.50 bits per heavy atom. The van der Waals surface area contributed by atoms with Crippen LogP contribution in [0, 0.1) is 0 Å². The Balaban J connectivity index is 2.11. The number of sulfonamides is 1. The number of primary sulfonamides is 1. The molecule has 7 heteroatoms. The van der Waals surface area contributed by atoms with Gasteiger partial charge in [0.05, 0.1) is 22.4 Å². The molecule has 6 nitrogen and oxygen atoms in total. The summed E-state index contributed by atoms with van der Waals surface area (Å²) in [7, 11) is -3.71. The maximum absolute atomic E-state index is 11.3. The zero-order chi connectivity index (χ0) is 14.8. The fourth-order valence-electron chi connectivity index (χ4n) is 2.50. The second-order valence-electron chi connectivity index (χ2n) is 4.91. The van der Waals surface area contributed by atoms with Gasteiger partial charge in [-0.1, -0.05) is 0 Å². The lowest BCUT2D eigenvalue weighted by molar-refractivity contribution is 0.0459. The number of nitrogen functional groups attached to an aromatic ring is 1. The summed E-state index contributed by atoms with van der Waals surface area (Å²) in [4.78, 5) is 2.19. The Bertz CT molecular complexity index is 566. The minimum absolute atomic E-state index is 0.0444. The highest BCUT2D eigenvalue weighted by Gasteiger charge is 2.21. The molecule has 0 spiro atoms. The van der Waals surface area contributed by atoms with Gasteiger partial charge in [0, 0.05) is 19.7 Å². The highest BCUT2D eigenvalue weighted by atomic mass is 32.2. The van der Waals surface area contributed by atoms with Gasteiger partial charge in [-0.2, -0.15) is 0 Å². The van der Waals surface area contributed by atoms with Gasteiger partial charge in [-0.25, -0.2) is 13.6 Å². The normalized spacial score (nSPS) is 17.4. The number of rotatable bonds is 4. The van der Waals surface area contributed by atoms with E-state index in [4.69, 9.17) is 15.6 Å². The van der Waals surface area contributed by atoms with E-state index in [0.717, 1.165) is 38.2 Å². The van der Waals surface area contributed by atoms with E-state index in [1.165, 1.54) is 12.1 Å². The van der Waals surface area contributed by atoms with Gasteiger partial charge in [-0.15, -0.1) is 0 Å².